The quantitative estimate of drug-likeness (QED) is 0.857. The third kappa shape index (κ3) is 2.39. The number of sulfonamides is 1. The smallest absolute Gasteiger partial charge is 0.265 e. The molecule has 7 nitrogen and oxygen atoms in total. The number of allylic oxidation sites excluding steroid dienone is 2. The van der Waals surface area contributed by atoms with Crippen molar-refractivity contribution in [2.24, 2.45) is 5.73 Å². The number of nitrogens with two attached hydrogens (primary N) is 1. The highest BCUT2D eigenvalue weighted by Gasteiger charge is 2.46. The molecule has 1 aromatic carbocycles. The topological polar surface area (TPSA) is 109 Å². The minimum absolute atomic E-state index is 0.0156. The number of fused-ring (bicyclic) bond motifs is 2. The van der Waals surface area contributed by atoms with E-state index in [-0.39, 0.29) is 28.7 Å². The molecular weight excluding hydrogens is 364 g/mol. The monoisotopic (exact) mass is 380 g/mol. The summed E-state index contributed by atoms with van der Waals surface area (Å²) in [7, 11) is -3.93. The molecule has 2 N–H and O–H groups in total. The van der Waals surface area contributed by atoms with Crippen LogP contribution in [0.15, 0.2) is 65.2 Å². The first-order valence-corrected chi connectivity index (χ1v) is 9.78. The molecule has 0 unspecified atom stereocenters. The lowest BCUT2D eigenvalue weighted by Crippen LogP contribution is -2.39. The molecular formula is C19H16N4O3S. The van der Waals surface area contributed by atoms with Gasteiger partial charge in [0.15, 0.2) is 5.76 Å². The Morgan fingerprint density at radius 1 is 1.30 bits per heavy atom. The molecule has 2 aliphatic rings. The minimum Gasteiger partial charge on any atom is -0.439 e. The van der Waals surface area contributed by atoms with Gasteiger partial charge in [0.25, 0.3) is 10.0 Å². The van der Waals surface area contributed by atoms with Crippen molar-refractivity contribution in [1.29, 1.82) is 5.26 Å². The summed E-state index contributed by atoms with van der Waals surface area (Å²) in [5.41, 5.74) is 7.78. The Kier molecular flexibility index (Phi) is 3.89. The van der Waals surface area contributed by atoms with Gasteiger partial charge >= 0.3 is 0 Å². The van der Waals surface area contributed by atoms with Crippen LogP contribution in [0.3, 0.4) is 0 Å². The van der Waals surface area contributed by atoms with Gasteiger partial charge in [0, 0.05) is 24.5 Å². The maximum Gasteiger partial charge on any atom is 0.265 e. The molecule has 8 heteroatoms. The highest BCUT2D eigenvalue weighted by Crippen LogP contribution is 2.50. The molecule has 0 aliphatic carbocycles. The summed E-state index contributed by atoms with van der Waals surface area (Å²) < 4.78 is 34.0. The molecule has 1 aromatic heterocycles. The van der Waals surface area contributed by atoms with Crippen LogP contribution in [0.4, 0.5) is 5.69 Å². The molecule has 0 saturated carbocycles. The zero-order valence-electron chi connectivity index (χ0n) is 14.5. The van der Waals surface area contributed by atoms with E-state index >= 15 is 0 Å². The van der Waals surface area contributed by atoms with Crippen LogP contribution in [-0.2, 0) is 14.8 Å². The molecule has 3 heterocycles. The van der Waals surface area contributed by atoms with Crippen LogP contribution >= 0.6 is 0 Å². The number of pyridine rings is 1. The molecule has 1 atom stereocenters. The molecule has 136 valence electrons. The van der Waals surface area contributed by atoms with Gasteiger partial charge in [0.05, 0.1) is 11.6 Å². The van der Waals surface area contributed by atoms with Crippen molar-refractivity contribution in [2.45, 2.75) is 12.8 Å². The molecule has 0 spiro atoms. The number of hydrogen-bond acceptors (Lipinski definition) is 6. The third-order valence-corrected chi connectivity index (χ3v) is 6.68. The van der Waals surface area contributed by atoms with Gasteiger partial charge in [-0.25, -0.2) is 8.42 Å². The number of para-hydroxylation sites is 1. The second-order valence-corrected chi connectivity index (χ2v) is 7.92. The van der Waals surface area contributed by atoms with Crippen LogP contribution in [0.5, 0.6) is 0 Å². The first-order valence-electron chi connectivity index (χ1n) is 8.34. The highest BCUT2D eigenvalue weighted by molar-refractivity contribution is 7.97. The van der Waals surface area contributed by atoms with Crippen molar-refractivity contribution in [2.75, 3.05) is 10.8 Å². The fraction of sp³-hybridized carbons (Fsp3) is 0.158. The van der Waals surface area contributed by atoms with E-state index < -0.39 is 15.9 Å². The van der Waals surface area contributed by atoms with Crippen LogP contribution in [0, 0.1) is 11.3 Å². The van der Waals surface area contributed by atoms with Gasteiger partial charge < -0.3 is 10.5 Å². The van der Waals surface area contributed by atoms with Gasteiger partial charge in [0.2, 0.25) is 5.88 Å². The molecule has 2 aromatic rings. The molecule has 0 amide bonds. The second-order valence-electron chi connectivity index (χ2n) is 6.09. The summed E-state index contributed by atoms with van der Waals surface area (Å²) in [6.45, 7) is 2.01. The average molecular weight is 380 g/mol. The van der Waals surface area contributed by atoms with Crippen molar-refractivity contribution in [3.05, 3.63) is 76.3 Å². The highest BCUT2D eigenvalue weighted by atomic mass is 32.2. The van der Waals surface area contributed by atoms with Gasteiger partial charge in [-0.05, 0) is 30.7 Å². The summed E-state index contributed by atoms with van der Waals surface area (Å²) in [6, 6.07) is 12.5. The van der Waals surface area contributed by atoms with Crippen LogP contribution in [0.25, 0.3) is 5.76 Å². The Morgan fingerprint density at radius 3 is 2.74 bits per heavy atom. The summed E-state index contributed by atoms with van der Waals surface area (Å²) in [4.78, 5) is 4.09. The first kappa shape index (κ1) is 17.1. The van der Waals surface area contributed by atoms with Gasteiger partial charge in [0.1, 0.15) is 16.5 Å². The SMILES string of the molecule is CCN1c2ccccc2C2=C([C@@H](c3cccnc3)C(C#N)=C(N)O2)S1(=O)=O. The van der Waals surface area contributed by atoms with Crippen molar-refractivity contribution in [3.63, 3.8) is 0 Å². The predicted octanol–water partition coefficient (Wildman–Crippen LogP) is 2.43. The summed E-state index contributed by atoms with van der Waals surface area (Å²) in [5.74, 6) is -0.805. The lowest BCUT2D eigenvalue weighted by atomic mass is 9.89. The zero-order chi connectivity index (χ0) is 19.2. The third-order valence-electron chi connectivity index (χ3n) is 4.66. The maximum absolute atomic E-state index is 13.5. The van der Waals surface area contributed by atoms with Gasteiger partial charge in [-0.3, -0.25) is 9.29 Å². The number of aromatic nitrogens is 1. The van der Waals surface area contributed by atoms with Gasteiger partial charge in [-0.2, -0.15) is 5.26 Å². The first-order chi connectivity index (χ1) is 13.0. The fourth-order valence-electron chi connectivity index (χ4n) is 3.53. The van der Waals surface area contributed by atoms with E-state index in [4.69, 9.17) is 10.5 Å². The zero-order valence-corrected chi connectivity index (χ0v) is 15.3. The Balaban J connectivity index is 2.08. The predicted molar refractivity (Wildman–Crippen MR) is 100 cm³/mol. The van der Waals surface area contributed by atoms with Gasteiger partial charge in [-0.15, -0.1) is 0 Å². The van der Waals surface area contributed by atoms with Crippen molar-refractivity contribution in [3.8, 4) is 6.07 Å². The molecule has 0 bridgehead atoms. The van der Waals surface area contributed by atoms with Crippen LogP contribution in [0.2, 0.25) is 0 Å². The lowest BCUT2D eigenvalue weighted by Gasteiger charge is -2.37. The Labute approximate surface area is 157 Å². The largest absolute Gasteiger partial charge is 0.439 e. The van der Waals surface area contributed by atoms with E-state index in [0.29, 0.717) is 16.8 Å². The Hall–Kier alpha value is -3.31. The molecule has 27 heavy (non-hydrogen) atoms. The number of rotatable bonds is 2. The maximum atomic E-state index is 13.5. The van der Waals surface area contributed by atoms with E-state index in [2.05, 4.69) is 4.98 Å². The van der Waals surface area contributed by atoms with E-state index in [1.807, 2.05) is 6.07 Å². The summed E-state index contributed by atoms with van der Waals surface area (Å²) >= 11 is 0. The van der Waals surface area contributed by atoms with Crippen LogP contribution in [0.1, 0.15) is 24.0 Å². The number of ether oxygens (including phenoxy) is 1. The number of anilines is 1. The minimum atomic E-state index is -3.93. The van der Waals surface area contributed by atoms with E-state index in [9.17, 15) is 13.7 Å². The normalized spacial score (nSPS) is 20.4. The molecule has 0 radical (unpaired) electrons. The number of hydrogen-bond donors (Lipinski definition) is 1. The van der Waals surface area contributed by atoms with E-state index in [1.54, 1.807) is 49.5 Å². The standard InChI is InChI=1S/C19H16N4O3S/c1-2-23-15-8-4-3-7-13(15)17-18(27(23,24)25)16(12-6-5-9-22-11-12)14(10-20)19(21)26-17/h3-9,11,16H,2,21H2,1H3/t16-/m0/s1. The molecule has 2 aliphatic heterocycles. The van der Waals surface area contributed by atoms with Crippen LogP contribution < -0.4 is 10.0 Å². The average Bonchev–Trinajstić information content (AvgIpc) is 2.68. The van der Waals surface area contributed by atoms with Crippen molar-refractivity contribution in [1.82, 2.24) is 4.98 Å². The fourth-order valence-corrected chi connectivity index (χ4v) is 5.46. The number of nitrogens with zero attached hydrogens (tertiary/aromatic N) is 3. The Morgan fingerprint density at radius 2 is 2.07 bits per heavy atom. The number of benzene rings is 1. The lowest BCUT2D eigenvalue weighted by molar-refractivity contribution is 0.357. The van der Waals surface area contributed by atoms with E-state index in [1.165, 1.54) is 10.5 Å². The second kappa shape index (κ2) is 6.14. The molecule has 0 saturated heterocycles. The Bertz CT molecular complexity index is 1130. The van der Waals surface area contributed by atoms with Crippen molar-refractivity contribution >= 4 is 21.5 Å². The van der Waals surface area contributed by atoms with Crippen molar-refractivity contribution < 1.29 is 13.2 Å². The van der Waals surface area contributed by atoms with E-state index in [0.717, 1.165) is 0 Å². The molecule has 0 fully saturated rings. The summed E-state index contributed by atoms with van der Waals surface area (Å²) in [6.07, 6.45) is 3.12. The van der Waals surface area contributed by atoms with Gasteiger partial charge in [-0.1, -0.05) is 18.2 Å². The van der Waals surface area contributed by atoms with Crippen LogP contribution in [-0.4, -0.2) is 19.9 Å². The molecule has 4 rings (SSSR count). The summed E-state index contributed by atoms with van der Waals surface area (Å²) in [5, 5.41) is 9.65. The number of nitriles is 1.